The van der Waals surface area contributed by atoms with Crippen molar-refractivity contribution in [2.45, 2.75) is 36.3 Å². The maximum atomic E-state index is 13.0. The molecule has 1 fully saturated rings. The number of carbonyl (C=O) groups excluding carboxylic acids is 1. The van der Waals surface area contributed by atoms with Gasteiger partial charge in [0.2, 0.25) is 10.0 Å². The third-order valence-electron chi connectivity index (χ3n) is 5.17. The molecule has 1 amide bonds. The molecule has 174 valence electrons. The van der Waals surface area contributed by atoms with Gasteiger partial charge in [-0.1, -0.05) is 53.7 Å². The molecule has 2 aromatic carbocycles. The van der Waals surface area contributed by atoms with Gasteiger partial charge in [0.05, 0.1) is 25.5 Å². The van der Waals surface area contributed by atoms with Crippen LogP contribution in [0.2, 0.25) is 15.1 Å². The minimum absolute atomic E-state index is 0.0999. The number of amides is 1. The quantitative estimate of drug-likeness (QED) is 0.429. The van der Waals surface area contributed by atoms with E-state index in [0.717, 1.165) is 37.0 Å². The Labute approximate surface area is 208 Å². The molecule has 1 saturated heterocycles. The highest BCUT2D eigenvalue weighted by molar-refractivity contribution is 7.98. The van der Waals surface area contributed by atoms with Crippen LogP contribution in [-0.2, 0) is 15.8 Å². The molecule has 1 aliphatic rings. The largest absolute Gasteiger partial charge is 0.351 e. The Morgan fingerprint density at radius 3 is 2.31 bits per heavy atom. The number of thioether (sulfide) groups is 1. The maximum Gasteiger partial charge on any atom is 0.252 e. The van der Waals surface area contributed by atoms with E-state index in [2.05, 4.69) is 5.32 Å². The lowest BCUT2D eigenvalue weighted by Gasteiger charge is -2.20. The van der Waals surface area contributed by atoms with Gasteiger partial charge in [-0.2, -0.15) is 16.1 Å². The molecule has 5 nitrogen and oxygen atoms in total. The van der Waals surface area contributed by atoms with Crippen LogP contribution in [0.3, 0.4) is 0 Å². The minimum atomic E-state index is -3.65. The molecule has 3 rings (SSSR count). The van der Waals surface area contributed by atoms with Crippen LogP contribution in [0.4, 0.5) is 0 Å². The highest BCUT2D eigenvalue weighted by Gasteiger charge is 2.26. The summed E-state index contributed by atoms with van der Waals surface area (Å²) < 4.78 is 27.6. The van der Waals surface area contributed by atoms with E-state index < -0.39 is 15.9 Å². The first kappa shape index (κ1) is 25.7. The zero-order valence-electron chi connectivity index (χ0n) is 17.5. The van der Waals surface area contributed by atoms with Gasteiger partial charge in [0.15, 0.2) is 0 Å². The van der Waals surface area contributed by atoms with Crippen molar-refractivity contribution in [3.8, 4) is 0 Å². The Hall–Kier alpha value is -0.960. The molecule has 1 N–H and O–H groups in total. The molecule has 0 bridgehead atoms. The molecule has 32 heavy (non-hydrogen) atoms. The predicted octanol–water partition coefficient (Wildman–Crippen LogP) is 5.87. The molecule has 0 saturated carbocycles. The van der Waals surface area contributed by atoms with E-state index in [1.165, 1.54) is 22.5 Å². The van der Waals surface area contributed by atoms with Gasteiger partial charge in [-0.05, 0) is 48.7 Å². The third-order valence-corrected chi connectivity index (χ3v) is 9.16. The van der Waals surface area contributed by atoms with Crippen LogP contribution in [0.1, 0.15) is 41.6 Å². The summed E-state index contributed by atoms with van der Waals surface area (Å²) in [6, 6.07) is 9.81. The molecular weight excluding hydrogens is 511 g/mol. The van der Waals surface area contributed by atoms with Crippen molar-refractivity contribution in [2.75, 3.05) is 25.4 Å². The summed E-state index contributed by atoms with van der Waals surface area (Å²) in [5, 5.41) is 4.07. The predicted molar refractivity (Wildman–Crippen MR) is 134 cm³/mol. The first-order valence-electron chi connectivity index (χ1n) is 10.4. The maximum absolute atomic E-state index is 13.0. The van der Waals surface area contributed by atoms with E-state index >= 15 is 0 Å². The van der Waals surface area contributed by atoms with Gasteiger partial charge in [0.25, 0.3) is 5.91 Å². The number of benzene rings is 2. The van der Waals surface area contributed by atoms with Gasteiger partial charge < -0.3 is 5.32 Å². The molecular formula is C22H25Cl3N2O3S2. The molecule has 2 aromatic rings. The SMILES string of the molecule is O=C(NCCSCc1ccc(Cl)c(Cl)c1)c1cc(S(=O)(=O)N2CCCCCC2)ccc1Cl. The average molecular weight is 536 g/mol. The lowest BCUT2D eigenvalue weighted by molar-refractivity contribution is 0.0956. The van der Waals surface area contributed by atoms with Gasteiger partial charge in [-0.15, -0.1) is 0 Å². The summed E-state index contributed by atoms with van der Waals surface area (Å²) in [5.74, 6) is 1.02. The molecule has 0 atom stereocenters. The molecule has 0 unspecified atom stereocenters. The first-order valence-corrected chi connectivity index (χ1v) is 14.1. The van der Waals surface area contributed by atoms with Crippen LogP contribution in [0.5, 0.6) is 0 Å². The van der Waals surface area contributed by atoms with Crippen molar-refractivity contribution >= 4 is 62.5 Å². The molecule has 1 aliphatic heterocycles. The lowest BCUT2D eigenvalue weighted by Crippen LogP contribution is -2.32. The normalized spacial score (nSPS) is 15.3. The first-order chi connectivity index (χ1) is 15.3. The Balaban J connectivity index is 1.57. The Morgan fingerprint density at radius 1 is 0.938 bits per heavy atom. The number of sulfonamides is 1. The summed E-state index contributed by atoms with van der Waals surface area (Å²) in [6.07, 6.45) is 3.76. The topological polar surface area (TPSA) is 66.5 Å². The molecule has 0 aromatic heterocycles. The molecule has 0 aliphatic carbocycles. The van der Waals surface area contributed by atoms with E-state index in [-0.39, 0.29) is 15.5 Å². The molecule has 1 heterocycles. The molecule has 10 heteroatoms. The number of hydrogen-bond donors (Lipinski definition) is 1. The van der Waals surface area contributed by atoms with Gasteiger partial charge in [-0.3, -0.25) is 4.79 Å². The van der Waals surface area contributed by atoms with Crippen molar-refractivity contribution < 1.29 is 13.2 Å². The number of hydrogen-bond acceptors (Lipinski definition) is 4. The Kier molecular flexibility index (Phi) is 9.58. The van der Waals surface area contributed by atoms with Crippen LogP contribution in [0.15, 0.2) is 41.3 Å². The smallest absolute Gasteiger partial charge is 0.252 e. The van der Waals surface area contributed by atoms with E-state index in [9.17, 15) is 13.2 Å². The van der Waals surface area contributed by atoms with Gasteiger partial charge in [0, 0.05) is 31.1 Å². The number of nitrogens with one attached hydrogen (secondary N) is 1. The minimum Gasteiger partial charge on any atom is -0.351 e. The highest BCUT2D eigenvalue weighted by atomic mass is 35.5. The van der Waals surface area contributed by atoms with Crippen LogP contribution in [0.25, 0.3) is 0 Å². The molecule has 0 spiro atoms. The average Bonchev–Trinajstić information content (AvgIpc) is 3.06. The standard InChI is InChI=1S/C22H25Cl3N2O3S2/c23-19-8-6-17(32(29,30)27-10-3-1-2-4-11-27)14-18(19)22(28)26-9-12-31-15-16-5-7-20(24)21(25)13-16/h5-8,13-14H,1-4,9-12,15H2,(H,26,28). The van der Waals surface area contributed by atoms with E-state index in [1.54, 1.807) is 17.8 Å². The lowest BCUT2D eigenvalue weighted by atomic mass is 10.2. The zero-order chi connectivity index (χ0) is 23.1. The fourth-order valence-corrected chi connectivity index (χ4v) is 6.30. The van der Waals surface area contributed by atoms with Crippen molar-refractivity contribution in [2.24, 2.45) is 0 Å². The van der Waals surface area contributed by atoms with E-state index in [0.29, 0.717) is 35.4 Å². The van der Waals surface area contributed by atoms with Crippen molar-refractivity contribution in [3.05, 3.63) is 62.6 Å². The van der Waals surface area contributed by atoms with Crippen molar-refractivity contribution in [3.63, 3.8) is 0 Å². The second-order valence-electron chi connectivity index (χ2n) is 7.52. The Morgan fingerprint density at radius 2 is 1.62 bits per heavy atom. The van der Waals surface area contributed by atoms with Crippen LogP contribution < -0.4 is 5.32 Å². The van der Waals surface area contributed by atoms with Gasteiger partial charge in [-0.25, -0.2) is 8.42 Å². The summed E-state index contributed by atoms with van der Waals surface area (Å²) in [7, 11) is -3.65. The number of halogens is 3. The number of carbonyl (C=O) groups is 1. The van der Waals surface area contributed by atoms with Gasteiger partial charge in [0.1, 0.15) is 0 Å². The summed E-state index contributed by atoms with van der Waals surface area (Å²) in [4.78, 5) is 12.7. The van der Waals surface area contributed by atoms with Crippen LogP contribution in [-0.4, -0.2) is 44.0 Å². The van der Waals surface area contributed by atoms with E-state index in [4.69, 9.17) is 34.8 Å². The second kappa shape index (κ2) is 12.0. The number of rotatable bonds is 8. The number of nitrogens with zero attached hydrogens (tertiary/aromatic N) is 1. The van der Waals surface area contributed by atoms with Crippen molar-refractivity contribution in [1.82, 2.24) is 9.62 Å². The van der Waals surface area contributed by atoms with Crippen LogP contribution in [0, 0.1) is 0 Å². The van der Waals surface area contributed by atoms with E-state index in [1.807, 2.05) is 12.1 Å². The summed E-state index contributed by atoms with van der Waals surface area (Å²) in [6.45, 7) is 1.43. The summed E-state index contributed by atoms with van der Waals surface area (Å²) >= 11 is 19.8. The van der Waals surface area contributed by atoms with Crippen LogP contribution >= 0.6 is 46.6 Å². The fourth-order valence-electron chi connectivity index (χ4n) is 3.42. The Bertz CT molecular complexity index is 1060. The monoisotopic (exact) mass is 534 g/mol. The second-order valence-corrected chi connectivity index (χ2v) is 11.8. The summed E-state index contributed by atoms with van der Waals surface area (Å²) in [5.41, 5.74) is 1.21. The third kappa shape index (κ3) is 6.78. The van der Waals surface area contributed by atoms with Crippen molar-refractivity contribution in [1.29, 1.82) is 0 Å². The van der Waals surface area contributed by atoms with Gasteiger partial charge >= 0.3 is 0 Å². The highest BCUT2D eigenvalue weighted by Crippen LogP contribution is 2.26. The molecule has 0 radical (unpaired) electrons. The fraction of sp³-hybridized carbons (Fsp3) is 0.409. The zero-order valence-corrected chi connectivity index (χ0v) is 21.4.